The number of nitrogens with two attached hydrogens (primary N) is 1. The van der Waals surface area contributed by atoms with Crippen LogP contribution in [0.25, 0.3) is 0 Å². The van der Waals surface area contributed by atoms with Gasteiger partial charge in [0.25, 0.3) is 0 Å². The lowest BCUT2D eigenvalue weighted by Gasteiger charge is -2.15. The molecule has 0 aliphatic carbocycles. The van der Waals surface area contributed by atoms with Crippen molar-refractivity contribution in [2.45, 2.75) is 19.6 Å². The second-order valence-corrected chi connectivity index (χ2v) is 5.85. The minimum Gasteiger partial charge on any atom is -0.488 e. The molecule has 0 amide bonds. The van der Waals surface area contributed by atoms with E-state index in [-0.39, 0.29) is 18.5 Å². The lowest BCUT2D eigenvalue weighted by molar-refractivity contribution is 0.295. The first kappa shape index (κ1) is 15.3. The SMILES string of the molecule is C[C@H](N)c1cc(Br)ccc1OCc1ccc(Cl)cc1F. The number of hydrogen-bond donors (Lipinski definition) is 1. The minimum absolute atomic E-state index is 0.129. The first-order chi connectivity index (χ1) is 9.47. The molecular formula is C15H14BrClFNO. The van der Waals surface area contributed by atoms with Crippen LogP contribution < -0.4 is 10.5 Å². The van der Waals surface area contributed by atoms with Gasteiger partial charge in [0, 0.05) is 26.7 Å². The zero-order chi connectivity index (χ0) is 14.7. The highest BCUT2D eigenvalue weighted by Gasteiger charge is 2.10. The Morgan fingerprint density at radius 2 is 2.05 bits per heavy atom. The van der Waals surface area contributed by atoms with Gasteiger partial charge in [0.2, 0.25) is 0 Å². The van der Waals surface area contributed by atoms with E-state index in [2.05, 4.69) is 15.9 Å². The second kappa shape index (κ2) is 6.57. The molecule has 0 aromatic heterocycles. The molecule has 5 heteroatoms. The third kappa shape index (κ3) is 3.72. The molecule has 2 nitrogen and oxygen atoms in total. The quantitative estimate of drug-likeness (QED) is 0.848. The molecule has 0 spiro atoms. The van der Waals surface area contributed by atoms with Crippen LogP contribution in [0.1, 0.15) is 24.1 Å². The minimum atomic E-state index is -0.378. The molecule has 0 unspecified atom stereocenters. The highest BCUT2D eigenvalue weighted by Crippen LogP contribution is 2.28. The average Bonchev–Trinajstić information content (AvgIpc) is 2.38. The summed E-state index contributed by atoms with van der Waals surface area (Å²) in [5, 5.41) is 0.367. The van der Waals surface area contributed by atoms with Crippen molar-refractivity contribution >= 4 is 27.5 Å². The smallest absolute Gasteiger partial charge is 0.131 e. The van der Waals surface area contributed by atoms with E-state index in [0.29, 0.717) is 16.3 Å². The summed E-state index contributed by atoms with van der Waals surface area (Å²) < 4.78 is 20.3. The van der Waals surface area contributed by atoms with E-state index in [1.165, 1.54) is 6.07 Å². The van der Waals surface area contributed by atoms with Crippen molar-refractivity contribution in [3.63, 3.8) is 0 Å². The van der Waals surface area contributed by atoms with Gasteiger partial charge in [-0.25, -0.2) is 4.39 Å². The third-order valence-electron chi connectivity index (χ3n) is 2.86. The largest absolute Gasteiger partial charge is 0.488 e. The van der Waals surface area contributed by atoms with Gasteiger partial charge in [-0.2, -0.15) is 0 Å². The fourth-order valence-corrected chi connectivity index (χ4v) is 2.34. The number of rotatable bonds is 4. The molecule has 0 fully saturated rings. The van der Waals surface area contributed by atoms with Crippen LogP contribution in [0.3, 0.4) is 0 Å². The Balaban J connectivity index is 2.18. The van der Waals surface area contributed by atoms with Gasteiger partial charge in [-0.05, 0) is 37.3 Å². The standard InChI is InChI=1S/C15H14BrClFNO/c1-9(19)13-6-11(16)3-5-15(13)20-8-10-2-4-12(17)7-14(10)18/h2-7,9H,8,19H2,1H3/t9-/m0/s1. The lowest BCUT2D eigenvalue weighted by atomic mass is 10.1. The van der Waals surface area contributed by atoms with E-state index in [1.54, 1.807) is 12.1 Å². The summed E-state index contributed by atoms with van der Waals surface area (Å²) in [4.78, 5) is 0. The molecule has 0 saturated carbocycles. The van der Waals surface area contributed by atoms with Crippen LogP contribution in [0.5, 0.6) is 5.75 Å². The topological polar surface area (TPSA) is 35.2 Å². The zero-order valence-electron chi connectivity index (χ0n) is 10.9. The monoisotopic (exact) mass is 357 g/mol. The van der Waals surface area contributed by atoms with Crippen molar-refractivity contribution < 1.29 is 9.13 Å². The maximum Gasteiger partial charge on any atom is 0.131 e. The summed E-state index contributed by atoms with van der Waals surface area (Å²) in [7, 11) is 0. The maximum atomic E-state index is 13.7. The van der Waals surface area contributed by atoms with E-state index in [9.17, 15) is 4.39 Å². The van der Waals surface area contributed by atoms with Gasteiger partial charge in [0.15, 0.2) is 0 Å². The number of halogens is 3. The van der Waals surface area contributed by atoms with Crippen molar-refractivity contribution in [3.8, 4) is 5.75 Å². The molecule has 2 aromatic carbocycles. The third-order valence-corrected chi connectivity index (χ3v) is 3.59. The summed E-state index contributed by atoms with van der Waals surface area (Å²) in [6.45, 7) is 2.00. The Hall–Kier alpha value is -1.10. The number of hydrogen-bond acceptors (Lipinski definition) is 2. The van der Waals surface area contributed by atoms with Gasteiger partial charge in [-0.15, -0.1) is 0 Å². The van der Waals surface area contributed by atoms with Gasteiger partial charge in [-0.1, -0.05) is 33.6 Å². The van der Waals surface area contributed by atoms with Crippen LogP contribution in [-0.2, 0) is 6.61 Å². The molecule has 20 heavy (non-hydrogen) atoms. The normalized spacial score (nSPS) is 12.2. The van der Waals surface area contributed by atoms with Crippen molar-refractivity contribution in [1.29, 1.82) is 0 Å². The van der Waals surface area contributed by atoms with E-state index in [1.807, 2.05) is 25.1 Å². The Bertz CT molecular complexity index is 619. The second-order valence-electron chi connectivity index (χ2n) is 4.50. The fraction of sp³-hybridized carbons (Fsp3) is 0.200. The molecule has 2 aromatic rings. The van der Waals surface area contributed by atoms with Crippen molar-refractivity contribution in [2.75, 3.05) is 0 Å². The Morgan fingerprint density at radius 3 is 2.70 bits per heavy atom. The molecule has 0 aliphatic heterocycles. The predicted octanol–water partition coefficient (Wildman–Crippen LogP) is 4.84. The van der Waals surface area contributed by atoms with Gasteiger partial charge in [-0.3, -0.25) is 0 Å². The Labute approximate surface area is 130 Å². The number of ether oxygens (including phenoxy) is 1. The molecular weight excluding hydrogens is 345 g/mol. The van der Waals surface area contributed by atoms with Crippen LogP contribution in [0.2, 0.25) is 5.02 Å². The van der Waals surface area contributed by atoms with Crippen LogP contribution in [-0.4, -0.2) is 0 Å². The molecule has 0 radical (unpaired) electrons. The molecule has 2 N–H and O–H groups in total. The molecule has 0 saturated heterocycles. The summed E-state index contributed by atoms with van der Waals surface area (Å²) in [5.74, 6) is 0.273. The van der Waals surface area contributed by atoms with Crippen molar-refractivity contribution in [2.24, 2.45) is 5.73 Å². The highest BCUT2D eigenvalue weighted by atomic mass is 79.9. The average molecular weight is 359 g/mol. The molecule has 2 rings (SSSR count). The molecule has 1 atom stereocenters. The fourth-order valence-electron chi connectivity index (χ4n) is 1.80. The van der Waals surface area contributed by atoms with Crippen LogP contribution in [0.4, 0.5) is 4.39 Å². The summed E-state index contributed by atoms with van der Waals surface area (Å²) >= 11 is 9.11. The summed E-state index contributed by atoms with van der Waals surface area (Å²) in [6.07, 6.45) is 0. The predicted molar refractivity (Wildman–Crippen MR) is 82.5 cm³/mol. The van der Waals surface area contributed by atoms with Gasteiger partial charge in [0.1, 0.15) is 18.2 Å². The van der Waals surface area contributed by atoms with E-state index < -0.39 is 0 Å². The van der Waals surface area contributed by atoms with Crippen LogP contribution in [0.15, 0.2) is 40.9 Å². The molecule has 0 bridgehead atoms. The van der Waals surface area contributed by atoms with Crippen LogP contribution in [0, 0.1) is 5.82 Å². The molecule has 0 heterocycles. The van der Waals surface area contributed by atoms with Crippen molar-refractivity contribution in [1.82, 2.24) is 0 Å². The first-order valence-electron chi connectivity index (χ1n) is 6.09. The summed E-state index contributed by atoms with van der Waals surface area (Å²) in [6, 6.07) is 9.93. The van der Waals surface area contributed by atoms with E-state index in [4.69, 9.17) is 22.1 Å². The number of benzene rings is 2. The maximum absolute atomic E-state index is 13.7. The van der Waals surface area contributed by atoms with Crippen LogP contribution >= 0.6 is 27.5 Å². The van der Waals surface area contributed by atoms with Crippen molar-refractivity contribution in [3.05, 3.63) is 62.8 Å². The molecule has 106 valence electrons. The lowest BCUT2D eigenvalue weighted by Crippen LogP contribution is -2.08. The zero-order valence-corrected chi connectivity index (χ0v) is 13.2. The Morgan fingerprint density at radius 1 is 1.30 bits per heavy atom. The van der Waals surface area contributed by atoms with E-state index >= 15 is 0 Å². The van der Waals surface area contributed by atoms with Gasteiger partial charge < -0.3 is 10.5 Å². The molecule has 0 aliphatic rings. The highest BCUT2D eigenvalue weighted by molar-refractivity contribution is 9.10. The first-order valence-corrected chi connectivity index (χ1v) is 7.26. The van der Waals surface area contributed by atoms with E-state index in [0.717, 1.165) is 10.0 Å². The Kier molecular flexibility index (Phi) is 5.02. The van der Waals surface area contributed by atoms with Gasteiger partial charge >= 0.3 is 0 Å². The summed E-state index contributed by atoms with van der Waals surface area (Å²) in [5.41, 5.74) is 7.23. The van der Waals surface area contributed by atoms with Gasteiger partial charge in [0.05, 0.1) is 0 Å².